The van der Waals surface area contributed by atoms with E-state index in [0.717, 1.165) is 0 Å². The average molecular weight is 300 g/mol. The Kier molecular flexibility index (Phi) is 4.51. The van der Waals surface area contributed by atoms with E-state index in [1.165, 1.54) is 22.3 Å². The molecule has 0 fully saturated rings. The molecular formula is C16H16Zr. The van der Waals surface area contributed by atoms with Crippen molar-refractivity contribution in [2.45, 2.75) is 13.8 Å². The molecule has 0 aromatic heterocycles. The molecule has 0 atom stereocenters. The molecule has 0 saturated carbocycles. The SMILES string of the molecule is Cc1ccc([CH]=[Zr]=[CH]c2ccc(C)cc2)cc1. The van der Waals surface area contributed by atoms with Crippen molar-refractivity contribution in [3.63, 3.8) is 0 Å². The van der Waals surface area contributed by atoms with E-state index in [0.29, 0.717) is 0 Å². The first kappa shape index (κ1) is 12.5. The molecule has 2 aromatic carbocycles. The normalized spacial score (nSPS) is 9.53. The standard InChI is InChI=1S/2C8H8.Zr/c2*1-7-3-5-8(2)6-4-7;/h2*1,3-6H,2H3;. The second-order valence-electron chi connectivity index (χ2n) is 4.28. The second kappa shape index (κ2) is 6.12. The Morgan fingerprint density at radius 1 is 0.647 bits per heavy atom. The molecule has 0 amide bonds. The number of hydrogen-bond acceptors (Lipinski definition) is 0. The summed E-state index contributed by atoms with van der Waals surface area (Å²) in [7, 11) is 0. The molecule has 0 nitrogen and oxygen atoms in total. The Labute approximate surface area is 114 Å². The fraction of sp³-hybridized carbons (Fsp3) is 0.125. The van der Waals surface area contributed by atoms with Crippen molar-refractivity contribution in [2.24, 2.45) is 0 Å². The third kappa shape index (κ3) is 4.09. The summed E-state index contributed by atoms with van der Waals surface area (Å²) < 4.78 is 4.84. The summed E-state index contributed by atoms with van der Waals surface area (Å²) in [5, 5.41) is 0. The first-order chi connectivity index (χ1) is 8.24. The van der Waals surface area contributed by atoms with Gasteiger partial charge >= 0.3 is 114 Å². The summed E-state index contributed by atoms with van der Waals surface area (Å²) in [6.07, 6.45) is 0. The van der Waals surface area contributed by atoms with Crippen molar-refractivity contribution in [3.05, 3.63) is 70.8 Å². The van der Waals surface area contributed by atoms with Gasteiger partial charge in [0, 0.05) is 0 Å². The van der Waals surface area contributed by atoms with Crippen LogP contribution in [0.3, 0.4) is 0 Å². The second-order valence-corrected chi connectivity index (χ2v) is 6.52. The van der Waals surface area contributed by atoms with Gasteiger partial charge in [0.1, 0.15) is 0 Å². The molecule has 0 bridgehead atoms. The van der Waals surface area contributed by atoms with Gasteiger partial charge < -0.3 is 0 Å². The molecule has 0 heterocycles. The average Bonchev–Trinajstić information content (AvgIpc) is 2.34. The summed E-state index contributed by atoms with van der Waals surface area (Å²) in [6, 6.07) is 17.5. The molecule has 0 spiro atoms. The predicted octanol–water partition coefficient (Wildman–Crippen LogP) is 3.39. The van der Waals surface area contributed by atoms with Crippen molar-refractivity contribution in [1.29, 1.82) is 0 Å². The van der Waals surface area contributed by atoms with Gasteiger partial charge in [-0.2, -0.15) is 0 Å². The number of rotatable bonds is 2. The number of aryl methyl sites for hydroxylation is 2. The third-order valence-electron chi connectivity index (χ3n) is 2.65. The molecule has 0 N–H and O–H groups in total. The van der Waals surface area contributed by atoms with Gasteiger partial charge in [-0.25, -0.2) is 0 Å². The van der Waals surface area contributed by atoms with E-state index in [1.807, 2.05) is 0 Å². The molecule has 2 rings (SSSR count). The molecule has 0 aliphatic heterocycles. The zero-order chi connectivity index (χ0) is 12.1. The van der Waals surface area contributed by atoms with E-state index in [-0.39, 0.29) is 0 Å². The van der Waals surface area contributed by atoms with Gasteiger partial charge in [-0.15, -0.1) is 0 Å². The minimum absolute atomic E-state index is 0.537. The van der Waals surface area contributed by atoms with Gasteiger partial charge in [-0.3, -0.25) is 0 Å². The quantitative estimate of drug-likeness (QED) is 0.797. The van der Waals surface area contributed by atoms with Crippen LogP contribution in [-0.4, -0.2) is 7.42 Å². The maximum atomic E-state index is 2.42. The Hall–Kier alpha value is -0.937. The van der Waals surface area contributed by atoms with Gasteiger partial charge in [-0.05, 0) is 0 Å². The first-order valence-corrected chi connectivity index (χ1v) is 8.64. The van der Waals surface area contributed by atoms with Crippen molar-refractivity contribution in [3.8, 4) is 0 Å². The van der Waals surface area contributed by atoms with Crippen molar-refractivity contribution in [1.82, 2.24) is 0 Å². The van der Waals surface area contributed by atoms with Crippen LogP contribution < -0.4 is 0 Å². The van der Waals surface area contributed by atoms with E-state index in [2.05, 4.69) is 69.8 Å². The van der Waals surface area contributed by atoms with Gasteiger partial charge in [0.05, 0.1) is 0 Å². The fourth-order valence-corrected chi connectivity index (χ4v) is 3.66. The minimum atomic E-state index is -0.537. The Balaban J connectivity index is 2.14. The number of benzene rings is 2. The molecule has 1 heteroatoms. The van der Waals surface area contributed by atoms with E-state index < -0.39 is 22.3 Å². The van der Waals surface area contributed by atoms with E-state index >= 15 is 0 Å². The van der Waals surface area contributed by atoms with Crippen LogP contribution >= 0.6 is 0 Å². The van der Waals surface area contributed by atoms with Crippen LogP contribution in [0.5, 0.6) is 0 Å². The monoisotopic (exact) mass is 298 g/mol. The van der Waals surface area contributed by atoms with Crippen LogP contribution in [0.1, 0.15) is 22.3 Å². The molecule has 0 unspecified atom stereocenters. The van der Waals surface area contributed by atoms with Crippen LogP contribution in [0.4, 0.5) is 0 Å². The Bertz CT molecular complexity index is 492. The van der Waals surface area contributed by atoms with Crippen molar-refractivity contribution in [2.75, 3.05) is 0 Å². The number of hydrogen-bond donors (Lipinski definition) is 0. The van der Waals surface area contributed by atoms with Gasteiger partial charge in [-0.1, -0.05) is 0 Å². The van der Waals surface area contributed by atoms with Crippen molar-refractivity contribution < 1.29 is 22.3 Å². The van der Waals surface area contributed by atoms with Crippen LogP contribution in [0.2, 0.25) is 0 Å². The van der Waals surface area contributed by atoms with Crippen LogP contribution in [0.15, 0.2) is 48.5 Å². The van der Waals surface area contributed by atoms with Gasteiger partial charge in [0.25, 0.3) is 0 Å². The molecule has 0 saturated heterocycles. The molecule has 2 aromatic rings. The van der Waals surface area contributed by atoms with Crippen LogP contribution in [0, 0.1) is 13.8 Å². The maximum absolute atomic E-state index is 2.42. The molecule has 0 radical (unpaired) electrons. The fourth-order valence-electron chi connectivity index (χ4n) is 1.56. The molecule has 0 aliphatic carbocycles. The van der Waals surface area contributed by atoms with Crippen molar-refractivity contribution >= 4 is 7.42 Å². The van der Waals surface area contributed by atoms with Crippen LogP contribution in [-0.2, 0) is 22.3 Å². The predicted molar refractivity (Wildman–Crippen MR) is 72.7 cm³/mol. The van der Waals surface area contributed by atoms with Gasteiger partial charge in [0.15, 0.2) is 0 Å². The Morgan fingerprint density at radius 2 is 1.00 bits per heavy atom. The third-order valence-corrected chi connectivity index (χ3v) is 5.11. The molecule has 84 valence electrons. The van der Waals surface area contributed by atoms with E-state index in [4.69, 9.17) is 0 Å². The summed E-state index contributed by atoms with van der Waals surface area (Å²) >= 11 is -0.537. The van der Waals surface area contributed by atoms with Crippen LogP contribution in [0.25, 0.3) is 0 Å². The first-order valence-electron chi connectivity index (χ1n) is 5.80. The summed E-state index contributed by atoms with van der Waals surface area (Å²) in [6.45, 7) is 4.25. The van der Waals surface area contributed by atoms with Gasteiger partial charge in [0.2, 0.25) is 0 Å². The van der Waals surface area contributed by atoms with E-state index in [1.54, 1.807) is 0 Å². The zero-order valence-corrected chi connectivity index (χ0v) is 12.7. The Morgan fingerprint density at radius 3 is 1.35 bits per heavy atom. The molecule has 0 aliphatic rings. The zero-order valence-electron chi connectivity index (χ0n) is 10.3. The summed E-state index contributed by atoms with van der Waals surface area (Å²) in [4.78, 5) is 0. The summed E-state index contributed by atoms with van der Waals surface area (Å²) in [5.41, 5.74) is 5.39. The molecule has 17 heavy (non-hydrogen) atoms. The summed E-state index contributed by atoms with van der Waals surface area (Å²) in [5.74, 6) is 0. The molecular weight excluding hydrogens is 283 g/mol. The topological polar surface area (TPSA) is 0 Å². The van der Waals surface area contributed by atoms with E-state index in [9.17, 15) is 0 Å².